The van der Waals surface area contributed by atoms with Gasteiger partial charge in [0, 0.05) is 43.1 Å². The van der Waals surface area contributed by atoms with Gasteiger partial charge in [0.15, 0.2) is 6.61 Å². The van der Waals surface area contributed by atoms with Crippen LogP contribution in [-0.2, 0) is 4.79 Å². The number of nitrogens with one attached hydrogen (secondary N) is 2. The Morgan fingerprint density at radius 2 is 1.93 bits per heavy atom. The summed E-state index contributed by atoms with van der Waals surface area (Å²) in [5, 5.41) is 5.70. The zero-order valence-electron chi connectivity index (χ0n) is 16.8. The largest absolute Gasteiger partial charge is 0.482 e. The fourth-order valence-electron chi connectivity index (χ4n) is 3.73. The lowest BCUT2D eigenvalue weighted by atomic mass is 10.1. The summed E-state index contributed by atoms with van der Waals surface area (Å²) in [6.45, 7) is 9.47. The third kappa shape index (κ3) is 4.19. The van der Waals surface area contributed by atoms with E-state index >= 15 is 0 Å². The van der Waals surface area contributed by atoms with Crippen LogP contribution in [0.25, 0.3) is 0 Å². The Hall–Kier alpha value is -3.06. The number of amides is 2. The molecule has 0 atom stereocenters. The second kappa shape index (κ2) is 8.13. The lowest BCUT2D eigenvalue weighted by Crippen LogP contribution is -2.46. The van der Waals surface area contributed by atoms with Crippen LogP contribution in [-0.4, -0.2) is 56.0 Å². The molecule has 2 aromatic rings. The maximum absolute atomic E-state index is 12.7. The maximum atomic E-state index is 12.7. The fraction of sp³-hybridized carbons (Fsp3) is 0.364. The molecule has 0 radical (unpaired) electrons. The lowest BCUT2D eigenvalue weighted by molar-refractivity contribution is -0.118. The number of carbonyl (C=O) groups is 2. The Morgan fingerprint density at radius 1 is 1.14 bits per heavy atom. The monoisotopic (exact) mass is 394 g/mol. The summed E-state index contributed by atoms with van der Waals surface area (Å²) in [4.78, 5) is 29.0. The molecule has 0 unspecified atom stereocenters. The van der Waals surface area contributed by atoms with Crippen LogP contribution in [0.15, 0.2) is 36.4 Å². The zero-order valence-corrected chi connectivity index (χ0v) is 16.8. The minimum atomic E-state index is -0.222. The Labute approximate surface area is 170 Å². The minimum Gasteiger partial charge on any atom is -0.482 e. The molecule has 7 nitrogen and oxygen atoms in total. The average molecular weight is 394 g/mol. The number of carbonyl (C=O) groups excluding carboxylic acids is 2. The molecule has 2 aliphatic rings. The summed E-state index contributed by atoms with van der Waals surface area (Å²) in [7, 11) is 0. The molecular formula is C22H26N4O3. The third-order valence-corrected chi connectivity index (χ3v) is 5.52. The van der Waals surface area contributed by atoms with Crippen molar-refractivity contribution < 1.29 is 14.3 Å². The number of rotatable bonds is 4. The van der Waals surface area contributed by atoms with Gasteiger partial charge in [-0.25, -0.2) is 0 Å². The number of benzene rings is 2. The molecule has 7 heteroatoms. The molecule has 2 N–H and O–H groups in total. The molecule has 1 fully saturated rings. The summed E-state index contributed by atoms with van der Waals surface area (Å²) in [5.41, 5.74) is 3.97. The number of hydrogen-bond acceptors (Lipinski definition) is 5. The van der Waals surface area contributed by atoms with Crippen molar-refractivity contribution in [3.63, 3.8) is 0 Å². The summed E-state index contributed by atoms with van der Waals surface area (Å²) in [6, 6.07) is 11.2. The Bertz CT molecular complexity index is 936. The van der Waals surface area contributed by atoms with Gasteiger partial charge in [0.2, 0.25) is 0 Å². The van der Waals surface area contributed by atoms with Gasteiger partial charge in [0.05, 0.1) is 5.69 Å². The van der Waals surface area contributed by atoms with E-state index in [1.165, 1.54) is 5.69 Å². The highest BCUT2D eigenvalue weighted by Crippen LogP contribution is 2.29. The van der Waals surface area contributed by atoms with Gasteiger partial charge in [-0.15, -0.1) is 0 Å². The average Bonchev–Trinajstić information content (AvgIpc) is 2.74. The smallest absolute Gasteiger partial charge is 0.262 e. The molecular weight excluding hydrogens is 368 g/mol. The van der Waals surface area contributed by atoms with Crippen molar-refractivity contribution >= 4 is 28.9 Å². The highest BCUT2D eigenvalue weighted by atomic mass is 16.5. The van der Waals surface area contributed by atoms with Gasteiger partial charge in [-0.1, -0.05) is 6.92 Å². The van der Waals surface area contributed by atoms with Crippen molar-refractivity contribution in [2.24, 2.45) is 0 Å². The summed E-state index contributed by atoms with van der Waals surface area (Å²) in [5.74, 6) is 0.131. The molecule has 29 heavy (non-hydrogen) atoms. The summed E-state index contributed by atoms with van der Waals surface area (Å²) < 4.78 is 5.34. The number of hydrogen-bond donors (Lipinski definition) is 2. The predicted molar refractivity (Wildman–Crippen MR) is 114 cm³/mol. The SMILES string of the molecule is CCN1CCN(c2ccc(NC(=O)c3ccc4c(c3)NC(=O)CO4)c(C)c2)CC1. The van der Waals surface area contributed by atoms with E-state index in [2.05, 4.69) is 39.5 Å². The van der Waals surface area contributed by atoms with Gasteiger partial charge in [-0.05, 0) is 55.4 Å². The number of likely N-dealkylation sites (N-methyl/N-ethyl adjacent to an activating group) is 1. The molecule has 2 aromatic carbocycles. The normalized spacial score (nSPS) is 16.6. The maximum Gasteiger partial charge on any atom is 0.262 e. The van der Waals surface area contributed by atoms with E-state index in [1.807, 2.05) is 13.0 Å². The number of nitrogens with zero attached hydrogens (tertiary/aromatic N) is 2. The van der Waals surface area contributed by atoms with Crippen LogP contribution in [0.5, 0.6) is 5.75 Å². The van der Waals surface area contributed by atoms with Crippen LogP contribution >= 0.6 is 0 Å². The predicted octanol–water partition coefficient (Wildman–Crippen LogP) is 2.72. The first-order valence-electron chi connectivity index (χ1n) is 9.99. The van der Waals surface area contributed by atoms with E-state index < -0.39 is 0 Å². The first-order valence-corrected chi connectivity index (χ1v) is 9.99. The number of fused-ring (bicyclic) bond motifs is 1. The first kappa shape index (κ1) is 19.3. The van der Waals surface area contributed by atoms with Gasteiger partial charge < -0.3 is 25.2 Å². The van der Waals surface area contributed by atoms with Gasteiger partial charge in [-0.2, -0.15) is 0 Å². The summed E-state index contributed by atoms with van der Waals surface area (Å²) >= 11 is 0. The van der Waals surface area contributed by atoms with E-state index in [0.29, 0.717) is 17.0 Å². The van der Waals surface area contributed by atoms with Gasteiger partial charge in [0.1, 0.15) is 5.75 Å². The molecule has 152 valence electrons. The molecule has 0 spiro atoms. The van der Waals surface area contributed by atoms with E-state index in [-0.39, 0.29) is 18.4 Å². The van der Waals surface area contributed by atoms with Crippen molar-refractivity contribution in [2.45, 2.75) is 13.8 Å². The second-order valence-corrected chi connectivity index (χ2v) is 7.42. The van der Waals surface area contributed by atoms with Gasteiger partial charge in [-0.3, -0.25) is 9.59 Å². The molecule has 0 bridgehead atoms. The van der Waals surface area contributed by atoms with E-state index in [4.69, 9.17) is 4.74 Å². The molecule has 2 heterocycles. The van der Waals surface area contributed by atoms with Crippen LogP contribution in [0.1, 0.15) is 22.8 Å². The first-order chi connectivity index (χ1) is 14.0. The van der Waals surface area contributed by atoms with Gasteiger partial charge in [0.25, 0.3) is 11.8 Å². The Kier molecular flexibility index (Phi) is 5.40. The van der Waals surface area contributed by atoms with Crippen LogP contribution in [0.3, 0.4) is 0 Å². The van der Waals surface area contributed by atoms with Crippen molar-refractivity contribution in [3.8, 4) is 5.75 Å². The third-order valence-electron chi connectivity index (χ3n) is 5.52. The molecule has 2 amide bonds. The van der Waals surface area contributed by atoms with E-state index in [1.54, 1.807) is 18.2 Å². The quantitative estimate of drug-likeness (QED) is 0.834. The molecule has 1 saturated heterocycles. The number of ether oxygens (including phenoxy) is 1. The summed E-state index contributed by atoms with van der Waals surface area (Å²) in [6.07, 6.45) is 0. The van der Waals surface area contributed by atoms with E-state index in [9.17, 15) is 9.59 Å². The molecule has 0 saturated carbocycles. The van der Waals surface area contributed by atoms with Crippen LogP contribution in [0.2, 0.25) is 0 Å². The molecule has 4 rings (SSSR count). The van der Waals surface area contributed by atoms with Crippen LogP contribution in [0, 0.1) is 6.92 Å². The van der Waals surface area contributed by atoms with Gasteiger partial charge >= 0.3 is 0 Å². The minimum absolute atomic E-state index is 0.00240. The number of aryl methyl sites for hydroxylation is 1. The van der Waals surface area contributed by atoms with Crippen molar-refractivity contribution in [1.29, 1.82) is 0 Å². The number of anilines is 3. The van der Waals surface area contributed by atoms with Crippen molar-refractivity contribution in [3.05, 3.63) is 47.5 Å². The van der Waals surface area contributed by atoms with E-state index in [0.717, 1.165) is 44.0 Å². The van der Waals surface area contributed by atoms with Crippen molar-refractivity contribution in [1.82, 2.24) is 4.90 Å². The number of piperazine rings is 1. The Morgan fingerprint density at radius 3 is 2.66 bits per heavy atom. The fourth-order valence-corrected chi connectivity index (χ4v) is 3.73. The molecule has 0 aliphatic carbocycles. The lowest BCUT2D eigenvalue weighted by Gasteiger charge is -2.35. The van der Waals surface area contributed by atoms with Crippen molar-refractivity contribution in [2.75, 3.05) is 54.9 Å². The highest BCUT2D eigenvalue weighted by Gasteiger charge is 2.19. The van der Waals surface area contributed by atoms with Crippen LogP contribution < -0.4 is 20.3 Å². The van der Waals surface area contributed by atoms with Crippen LogP contribution in [0.4, 0.5) is 17.1 Å². The standard InChI is InChI=1S/C22H26N4O3/c1-3-25-8-10-26(11-9-25)17-5-6-18(15(2)12-17)24-22(28)16-4-7-20-19(13-16)23-21(27)14-29-20/h4-7,12-13H,3,8-11,14H2,1-2H3,(H,23,27)(H,24,28). The topological polar surface area (TPSA) is 73.9 Å². The zero-order chi connectivity index (χ0) is 20.4. The molecule has 2 aliphatic heterocycles. The highest BCUT2D eigenvalue weighted by molar-refractivity contribution is 6.06. The Balaban J connectivity index is 1.45. The second-order valence-electron chi connectivity index (χ2n) is 7.42. The molecule has 0 aromatic heterocycles.